The minimum Gasteiger partial charge on any atom is -0.370 e. The first-order valence-electron chi connectivity index (χ1n) is 9.13. The number of aromatic amines is 1. The average Bonchev–Trinajstić information content (AvgIpc) is 3.07. The molecule has 0 spiro atoms. The molecule has 0 amide bonds. The predicted molar refractivity (Wildman–Crippen MR) is 103 cm³/mol. The monoisotopic (exact) mass is 338 g/mol. The van der Waals surface area contributed by atoms with Crippen molar-refractivity contribution in [1.82, 2.24) is 14.6 Å². The number of hydrogen-bond donors (Lipinski definition) is 2. The van der Waals surface area contributed by atoms with Crippen molar-refractivity contribution in [2.75, 3.05) is 11.9 Å². The number of anilines is 1. The van der Waals surface area contributed by atoms with E-state index in [0.29, 0.717) is 17.4 Å². The van der Waals surface area contributed by atoms with Gasteiger partial charge in [-0.15, -0.1) is 0 Å². The van der Waals surface area contributed by atoms with Crippen LogP contribution in [0.1, 0.15) is 39.5 Å². The van der Waals surface area contributed by atoms with Crippen molar-refractivity contribution < 1.29 is 0 Å². The summed E-state index contributed by atoms with van der Waals surface area (Å²) in [5.74, 6) is 1.27. The Bertz CT molecular complexity index is 866. The molecule has 0 aliphatic carbocycles. The van der Waals surface area contributed by atoms with E-state index in [2.05, 4.69) is 29.2 Å². The topological polar surface area (TPSA) is 62.2 Å². The minimum atomic E-state index is -0.101. The number of nitrogens with zero attached hydrogens (tertiary/aromatic N) is 2. The van der Waals surface area contributed by atoms with Crippen molar-refractivity contribution in [2.24, 2.45) is 5.92 Å². The molecular weight excluding hydrogens is 312 g/mol. The molecule has 25 heavy (non-hydrogen) atoms. The van der Waals surface area contributed by atoms with E-state index in [1.165, 1.54) is 23.8 Å². The van der Waals surface area contributed by atoms with Gasteiger partial charge in [0.1, 0.15) is 5.82 Å². The van der Waals surface area contributed by atoms with Crippen LogP contribution in [-0.4, -0.2) is 21.1 Å². The van der Waals surface area contributed by atoms with E-state index in [1.807, 2.05) is 36.4 Å². The Kier molecular flexibility index (Phi) is 5.53. The van der Waals surface area contributed by atoms with Gasteiger partial charge in [-0.2, -0.15) is 0 Å². The Morgan fingerprint density at radius 2 is 2.00 bits per heavy atom. The van der Waals surface area contributed by atoms with Crippen molar-refractivity contribution >= 4 is 11.5 Å². The first-order chi connectivity index (χ1) is 12.2. The highest BCUT2D eigenvalue weighted by atomic mass is 16.1. The van der Waals surface area contributed by atoms with E-state index < -0.39 is 0 Å². The molecule has 0 saturated carbocycles. The zero-order chi connectivity index (χ0) is 17.6. The van der Waals surface area contributed by atoms with Crippen LogP contribution in [0, 0.1) is 5.92 Å². The van der Waals surface area contributed by atoms with Gasteiger partial charge in [0.2, 0.25) is 0 Å². The molecule has 0 radical (unpaired) electrons. The fourth-order valence-corrected chi connectivity index (χ4v) is 3.04. The lowest BCUT2D eigenvalue weighted by Crippen LogP contribution is -2.19. The molecule has 3 aromatic rings. The maximum absolute atomic E-state index is 12.4. The second-order valence-electron chi connectivity index (χ2n) is 6.51. The normalized spacial score (nSPS) is 12.4. The Morgan fingerprint density at radius 1 is 1.20 bits per heavy atom. The second kappa shape index (κ2) is 8.01. The molecule has 0 saturated heterocycles. The van der Waals surface area contributed by atoms with Gasteiger partial charge in [0, 0.05) is 18.7 Å². The van der Waals surface area contributed by atoms with Gasteiger partial charge in [-0.3, -0.25) is 9.89 Å². The number of aromatic nitrogens is 3. The quantitative estimate of drug-likeness (QED) is 0.643. The molecule has 2 heterocycles. The largest absolute Gasteiger partial charge is 0.370 e. The highest BCUT2D eigenvalue weighted by Gasteiger charge is 2.10. The molecule has 1 aromatic carbocycles. The van der Waals surface area contributed by atoms with Gasteiger partial charge in [0.15, 0.2) is 5.65 Å². The molecule has 2 N–H and O–H groups in total. The van der Waals surface area contributed by atoms with Crippen LogP contribution in [0.2, 0.25) is 0 Å². The third-order valence-corrected chi connectivity index (χ3v) is 4.65. The molecule has 1 unspecified atom stereocenters. The smallest absolute Gasteiger partial charge is 0.274 e. The summed E-state index contributed by atoms with van der Waals surface area (Å²) in [7, 11) is 0. The Hall–Kier alpha value is -2.56. The Labute approximate surface area is 148 Å². The number of unbranched alkanes of at least 4 members (excludes halogenated alkanes) is 1. The number of fused-ring (bicyclic) bond motifs is 1. The van der Waals surface area contributed by atoms with Gasteiger partial charge < -0.3 is 5.32 Å². The average molecular weight is 338 g/mol. The zero-order valence-electron chi connectivity index (χ0n) is 15.0. The molecular formula is C20H26N4O. The van der Waals surface area contributed by atoms with Gasteiger partial charge >= 0.3 is 0 Å². The van der Waals surface area contributed by atoms with Crippen LogP contribution >= 0.6 is 0 Å². The third kappa shape index (κ3) is 4.10. The van der Waals surface area contributed by atoms with Crippen molar-refractivity contribution in [3.05, 3.63) is 52.8 Å². The molecule has 0 bridgehead atoms. The first kappa shape index (κ1) is 17.3. The van der Waals surface area contributed by atoms with Gasteiger partial charge in [0.05, 0.1) is 5.69 Å². The summed E-state index contributed by atoms with van der Waals surface area (Å²) < 4.78 is 1.49. The van der Waals surface area contributed by atoms with Crippen molar-refractivity contribution in [3.63, 3.8) is 0 Å². The van der Waals surface area contributed by atoms with Crippen molar-refractivity contribution in [3.8, 4) is 11.3 Å². The minimum absolute atomic E-state index is 0.101. The molecule has 2 aromatic heterocycles. The number of rotatable bonds is 8. The molecule has 3 rings (SSSR count). The Morgan fingerprint density at radius 3 is 2.72 bits per heavy atom. The fourth-order valence-electron chi connectivity index (χ4n) is 3.04. The number of nitrogens with one attached hydrogen (secondary N) is 2. The highest BCUT2D eigenvalue weighted by Crippen LogP contribution is 2.19. The van der Waals surface area contributed by atoms with E-state index in [-0.39, 0.29) is 5.56 Å². The van der Waals surface area contributed by atoms with Crippen LogP contribution in [0.3, 0.4) is 0 Å². The number of benzene rings is 1. The van der Waals surface area contributed by atoms with Crippen LogP contribution in [0.25, 0.3) is 16.9 Å². The molecule has 0 fully saturated rings. The summed E-state index contributed by atoms with van der Waals surface area (Å²) >= 11 is 0. The van der Waals surface area contributed by atoms with Crippen LogP contribution in [0.15, 0.2) is 47.3 Å². The van der Waals surface area contributed by atoms with Gasteiger partial charge in [-0.25, -0.2) is 9.50 Å². The second-order valence-corrected chi connectivity index (χ2v) is 6.51. The van der Waals surface area contributed by atoms with Crippen LogP contribution in [0.4, 0.5) is 5.82 Å². The summed E-state index contributed by atoms with van der Waals surface area (Å²) in [6, 6.07) is 13.4. The summed E-state index contributed by atoms with van der Waals surface area (Å²) in [4.78, 5) is 17.0. The third-order valence-electron chi connectivity index (χ3n) is 4.65. The molecule has 0 aliphatic heterocycles. The Balaban J connectivity index is 1.80. The lowest BCUT2D eigenvalue weighted by atomic mass is 9.99. The van der Waals surface area contributed by atoms with Crippen LogP contribution < -0.4 is 10.9 Å². The first-order valence-corrected chi connectivity index (χ1v) is 9.13. The van der Waals surface area contributed by atoms with E-state index in [9.17, 15) is 4.79 Å². The lowest BCUT2D eigenvalue weighted by Gasteiger charge is -2.15. The van der Waals surface area contributed by atoms with E-state index in [4.69, 9.17) is 0 Å². The summed E-state index contributed by atoms with van der Waals surface area (Å²) in [6.07, 6.45) is 4.81. The maximum Gasteiger partial charge on any atom is 0.274 e. The summed E-state index contributed by atoms with van der Waals surface area (Å²) in [6.45, 7) is 5.29. The lowest BCUT2D eigenvalue weighted by molar-refractivity contribution is 0.472. The van der Waals surface area contributed by atoms with E-state index >= 15 is 0 Å². The molecule has 5 nitrogen and oxygen atoms in total. The standard InChI is InChI=1S/C20H26N4O/c1-3-5-9-15(4-2)14-21-18-13-20(25)24-19(22-18)12-17(23-24)16-10-7-6-8-11-16/h6-8,10-13,15,21,23H,3-5,9,14H2,1-2H3. The zero-order valence-corrected chi connectivity index (χ0v) is 15.0. The number of H-pyrrole nitrogens is 1. The van der Waals surface area contributed by atoms with Crippen molar-refractivity contribution in [2.45, 2.75) is 39.5 Å². The van der Waals surface area contributed by atoms with Gasteiger partial charge in [-0.05, 0) is 17.9 Å². The van der Waals surface area contributed by atoms with E-state index in [0.717, 1.165) is 24.2 Å². The SMILES string of the molecule is CCCCC(CC)CNc1cc(=O)n2[nH]c(-c3ccccc3)cc2n1. The summed E-state index contributed by atoms with van der Waals surface area (Å²) in [5.41, 5.74) is 2.45. The molecule has 1 atom stereocenters. The molecule has 0 aliphatic rings. The van der Waals surface area contributed by atoms with E-state index in [1.54, 1.807) is 6.07 Å². The predicted octanol–water partition coefficient (Wildman–Crippen LogP) is 4.32. The van der Waals surface area contributed by atoms with Crippen molar-refractivity contribution in [1.29, 1.82) is 0 Å². The van der Waals surface area contributed by atoms with Crippen LogP contribution in [0.5, 0.6) is 0 Å². The summed E-state index contributed by atoms with van der Waals surface area (Å²) in [5, 5.41) is 6.47. The maximum atomic E-state index is 12.4. The van der Waals surface area contributed by atoms with Gasteiger partial charge in [0.25, 0.3) is 5.56 Å². The highest BCUT2D eigenvalue weighted by molar-refractivity contribution is 5.64. The van der Waals surface area contributed by atoms with Gasteiger partial charge in [-0.1, -0.05) is 63.4 Å². The molecule has 5 heteroatoms. The molecule has 132 valence electrons. The fraction of sp³-hybridized carbons (Fsp3) is 0.400. The van der Waals surface area contributed by atoms with Crippen LogP contribution in [-0.2, 0) is 0 Å². The number of hydrogen-bond acceptors (Lipinski definition) is 3.